The first-order chi connectivity index (χ1) is 13.5. The summed E-state index contributed by atoms with van der Waals surface area (Å²) < 4.78 is 19.0. The van der Waals surface area contributed by atoms with Gasteiger partial charge in [0.25, 0.3) is 0 Å². The van der Waals surface area contributed by atoms with Gasteiger partial charge in [-0.25, -0.2) is 9.18 Å². The number of carbonyl (C=O) groups is 1. The molecule has 0 aliphatic heterocycles. The summed E-state index contributed by atoms with van der Waals surface area (Å²) in [4.78, 5) is 12.2. The van der Waals surface area contributed by atoms with Crippen LogP contribution >= 0.6 is 23.2 Å². The highest BCUT2D eigenvalue weighted by Gasteiger charge is 2.17. The van der Waals surface area contributed by atoms with Crippen LogP contribution in [0.25, 0.3) is 11.6 Å². The number of hydrogen-bond acceptors (Lipinski definition) is 3. The topological polar surface area (TPSA) is 50.1 Å². The number of ether oxygens (including phenoxy) is 1. The van der Waals surface area contributed by atoms with E-state index in [-0.39, 0.29) is 16.3 Å². The molecule has 0 fully saturated rings. The molecule has 3 aromatic carbocycles. The zero-order chi connectivity index (χ0) is 20.1. The number of nitriles is 1. The summed E-state index contributed by atoms with van der Waals surface area (Å²) in [5.41, 5.74) is 1.61. The fraction of sp³-hybridized carbons (Fsp3) is 0. The second-order valence-electron chi connectivity index (χ2n) is 5.73. The second-order valence-corrected chi connectivity index (χ2v) is 6.58. The van der Waals surface area contributed by atoms with Gasteiger partial charge >= 0.3 is 5.97 Å². The molecule has 3 aromatic rings. The van der Waals surface area contributed by atoms with Crippen molar-refractivity contribution in [3.63, 3.8) is 0 Å². The number of carbonyl (C=O) groups excluding carboxylic acids is 1. The maximum absolute atomic E-state index is 13.8. The van der Waals surface area contributed by atoms with E-state index in [1.165, 1.54) is 12.1 Å². The van der Waals surface area contributed by atoms with Crippen molar-refractivity contribution in [2.45, 2.75) is 0 Å². The number of nitrogens with zero attached hydrogens (tertiary/aromatic N) is 1. The van der Waals surface area contributed by atoms with E-state index in [2.05, 4.69) is 6.07 Å². The Morgan fingerprint density at radius 1 is 1.00 bits per heavy atom. The minimum absolute atomic E-state index is 0.0221. The lowest BCUT2D eigenvalue weighted by Gasteiger charge is -2.07. The Balaban J connectivity index is 1.79. The molecule has 0 aliphatic carbocycles. The summed E-state index contributed by atoms with van der Waals surface area (Å²) in [6.07, 6.45) is 1.70. The smallest absolute Gasteiger partial charge is 0.348 e. The van der Waals surface area contributed by atoms with Crippen molar-refractivity contribution < 1.29 is 13.9 Å². The molecule has 3 rings (SSSR count). The number of benzene rings is 3. The first-order valence-corrected chi connectivity index (χ1v) is 8.87. The lowest BCUT2D eigenvalue weighted by atomic mass is 10.0. The van der Waals surface area contributed by atoms with Crippen LogP contribution in [0.3, 0.4) is 0 Å². The molecule has 0 aliphatic rings. The molecule has 138 valence electrons. The van der Waals surface area contributed by atoms with Gasteiger partial charge in [-0.3, -0.25) is 0 Å². The van der Waals surface area contributed by atoms with E-state index >= 15 is 0 Å². The van der Waals surface area contributed by atoms with Crippen molar-refractivity contribution in [2.75, 3.05) is 0 Å². The van der Waals surface area contributed by atoms with Crippen molar-refractivity contribution in [2.24, 2.45) is 0 Å². The van der Waals surface area contributed by atoms with Gasteiger partial charge in [0.2, 0.25) is 0 Å². The van der Waals surface area contributed by atoms with Crippen LogP contribution in [0.1, 0.15) is 21.5 Å². The van der Waals surface area contributed by atoms with Gasteiger partial charge < -0.3 is 4.74 Å². The molecular formula is C22H12Cl2FNO2. The molecule has 0 amide bonds. The van der Waals surface area contributed by atoms with Gasteiger partial charge in [-0.05, 0) is 53.6 Å². The summed E-state index contributed by atoms with van der Waals surface area (Å²) in [5, 5.41) is 9.96. The van der Waals surface area contributed by atoms with Gasteiger partial charge in [0.15, 0.2) is 0 Å². The first-order valence-electron chi connectivity index (χ1n) is 8.12. The second kappa shape index (κ2) is 8.71. The third-order valence-electron chi connectivity index (χ3n) is 3.84. The fourth-order valence-corrected chi connectivity index (χ4v) is 2.83. The number of esters is 1. The van der Waals surface area contributed by atoms with Crippen LogP contribution in [0.4, 0.5) is 4.39 Å². The van der Waals surface area contributed by atoms with Crippen LogP contribution in [0.15, 0.2) is 66.7 Å². The summed E-state index contributed by atoms with van der Waals surface area (Å²) in [6.45, 7) is 0. The van der Waals surface area contributed by atoms with E-state index in [1.54, 1.807) is 54.6 Å². The number of rotatable bonds is 4. The third-order valence-corrected chi connectivity index (χ3v) is 4.41. The maximum Gasteiger partial charge on any atom is 0.348 e. The van der Waals surface area contributed by atoms with Gasteiger partial charge in [0.1, 0.15) is 17.1 Å². The van der Waals surface area contributed by atoms with E-state index < -0.39 is 11.8 Å². The molecule has 0 heterocycles. The molecule has 0 saturated carbocycles. The Morgan fingerprint density at radius 3 is 2.29 bits per heavy atom. The molecule has 0 saturated heterocycles. The normalized spacial score (nSPS) is 11.0. The molecule has 0 spiro atoms. The lowest BCUT2D eigenvalue weighted by molar-refractivity contribution is 0.0730. The average Bonchev–Trinajstić information content (AvgIpc) is 2.68. The Morgan fingerprint density at radius 2 is 1.68 bits per heavy atom. The quantitative estimate of drug-likeness (QED) is 0.215. The monoisotopic (exact) mass is 411 g/mol. The predicted octanol–water partition coefficient (Wildman–Crippen LogP) is 6.42. The minimum atomic E-state index is -0.884. The number of hydrogen-bond donors (Lipinski definition) is 0. The van der Waals surface area contributed by atoms with Gasteiger partial charge in [-0.15, -0.1) is 0 Å². The molecule has 0 radical (unpaired) electrons. The van der Waals surface area contributed by atoms with Gasteiger partial charge in [0.05, 0.1) is 16.7 Å². The molecule has 28 heavy (non-hydrogen) atoms. The standard InChI is InChI=1S/C22H12Cl2FNO2/c23-17-8-6-15(7-9-17)16(13-26)12-14-4-10-18(11-5-14)28-22(27)21-19(24)2-1-3-20(21)25/h1-12H/b16-12-. The van der Waals surface area contributed by atoms with Crippen LogP contribution < -0.4 is 4.74 Å². The van der Waals surface area contributed by atoms with Crippen molar-refractivity contribution in [3.8, 4) is 11.8 Å². The van der Waals surface area contributed by atoms with Crippen LogP contribution in [0, 0.1) is 17.1 Å². The highest BCUT2D eigenvalue weighted by atomic mass is 35.5. The highest BCUT2D eigenvalue weighted by molar-refractivity contribution is 6.33. The van der Waals surface area contributed by atoms with E-state index in [0.29, 0.717) is 10.6 Å². The molecular weight excluding hydrogens is 400 g/mol. The van der Waals surface area contributed by atoms with Crippen molar-refractivity contribution in [1.82, 2.24) is 0 Å². The summed E-state index contributed by atoms with van der Waals surface area (Å²) in [7, 11) is 0. The summed E-state index contributed by atoms with van der Waals surface area (Å²) in [6, 6.07) is 19.5. The van der Waals surface area contributed by atoms with E-state index in [0.717, 1.165) is 17.2 Å². The zero-order valence-corrected chi connectivity index (χ0v) is 15.8. The van der Waals surface area contributed by atoms with Crippen molar-refractivity contribution in [3.05, 3.63) is 99.3 Å². The fourth-order valence-electron chi connectivity index (χ4n) is 2.46. The van der Waals surface area contributed by atoms with Crippen LogP contribution in [0.2, 0.25) is 10.0 Å². The molecule has 0 bridgehead atoms. The Kier molecular flexibility index (Phi) is 6.10. The zero-order valence-electron chi connectivity index (χ0n) is 14.3. The Hall–Kier alpha value is -3.13. The molecule has 0 unspecified atom stereocenters. The molecule has 6 heteroatoms. The van der Waals surface area contributed by atoms with Crippen molar-refractivity contribution in [1.29, 1.82) is 5.26 Å². The lowest BCUT2D eigenvalue weighted by Crippen LogP contribution is -2.11. The Labute approximate surface area is 171 Å². The predicted molar refractivity (Wildman–Crippen MR) is 108 cm³/mol. The van der Waals surface area contributed by atoms with Gasteiger partial charge in [0, 0.05) is 5.02 Å². The highest BCUT2D eigenvalue weighted by Crippen LogP contribution is 2.24. The summed E-state index contributed by atoms with van der Waals surface area (Å²) in [5.74, 6) is -1.41. The average molecular weight is 412 g/mol. The molecule has 0 aromatic heterocycles. The largest absolute Gasteiger partial charge is 0.423 e. The van der Waals surface area contributed by atoms with Crippen molar-refractivity contribution >= 4 is 40.8 Å². The minimum Gasteiger partial charge on any atom is -0.423 e. The maximum atomic E-state index is 13.8. The summed E-state index contributed by atoms with van der Waals surface area (Å²) >= 11 is 11.7. The molecule has 3 nitrogen and oxygen atoms in total. The first kappa shape index (κ1) is 19.6. The van der Waals surface area contributed by atoms with Crippen LogP contribution in [0.5, 0.6) is 5.75 Å². The molecule has 0 N–H and O–H groups in total. The molecule has 0 atom stereocenters. The van der Waals surface area contributed by atoms with E-state index in [9.17, 15) is 14.4 Å². The van der Waals surface area contributed by atoms with E-state index in [4.69, 9.17) is 27.9 Å². The van der Waals surface area contributed by atoms with Gasteiger partial charge in [-0.2, -0.15) is 5.26 Å². The number of allylic oxidation sites excluding steroid dienone is 1. The van der Waals surface area contributed by atoms with E-state index in [1.807, 2.05) is 0 Å². The third kappa shape index (κ3) is 4.58. The number of halogens is 3. The van der Waals surface area contributed by atoms with Crippen LogP contribution in [-0.2, 0) is 0 Å². The van der Waals surface area contributed by atoms with Gasteiger partial charge in [-0.1, -0.05) is 53.5 Å². The SMILES string of the molecule is N#C/C(=C/c1ccc(OC(=O)c2c(F)cccc2Cl)cc1)c1ccc(Cl)cc1. The van der Waals surface area contributed by atoms with Crippen LogP contribution in [-0.4, -0.2) is 5.97 Å². The Bertz CT molecular complexity index is 1060.